The molecule has 1 aliphatic heterocycles. The van der Waals surface area contributed by atoms with Gasteiger partial charge in [0.2, 0.25) is 15.9 Å². The van der Waals surface area contributed by atoms with Crippen LogP contribution in [0.2, 0.25) is 5.02 Å². The molecule has 0 aromatic heterocycles. The van der Waals surface area contributed by atoms with E-state index in [2.05, 4.69) is 10.6 Å². The lowest BCUT2D eigenvalue weighted by Gasteiger charge is -2.26. The maximum atomic E-state index is 12.9. The number of halogens is 1. The number of hydrogen-bond acceptors (Lipinski definition) is 4. The Morgan fingerprint density at radius 3 is 2.33 bits per heavy atom. The van der Waals surface area contributed by atoms with Crippen LogP contribution in [0.5, 0.6) is 0 Å². The first-order valence-electron chi connectivity index (χ1n) is 9.68. The number of aryl methyl sites for hydroxylation is 1. The zero-order valence-corrected chi connectivity index (χ0v) is 18.4. The van der Waals surface area contributed by atoms with Gasteiger partial charge < -0.3 is 10.6 Å². The van der Waals surface area contributed by atoms with E-state index in [-0.39, 0.29) is 21.4 Å². The predicted octanol–water partition coefficient (Wildman–Crippen LogP) is 4.03. The second kappa shape index (κ2) is 9.16. The van der Waals surface area contributed by atoms with Gasteiger partial charge in [-0.3, -0.25) is 9.59 Å². The Balaban J connectivity index is 1.84. The van der Waals surface area contributed by atoms with Crippen molar-refractivity contribution in [1.82, 2.24) is 4.31 Å². The van der Waals surface area contributed by atoms with E-state index in [1.807, 2.05) is 0 Å². The molecule has 1 heterocycles. The number of hydrogen-bond donors (Lipinski definition) is 2. The van der Waals surface area contributed by atoms with Crippen molar-refractivity contribution >= 4 is 44.8 Å². The van der Waals surface area contributed by atoms with E-state index in [1.165, 1.54) is 29.4 Å². The zero-order valence-electron chi connectivity index (χ0n) is 16.9. The van der Waals surface area contributed by atoms with Gasteiger partial charge in [-0.1, -0.05) is 24.1 Å². The van der Waals surface area contributed by atoms with E-state index < -0.39 is 15.9 Å². The second-order valence-electron chi connectivity index (χ2n) is 7.27. The monoisotopic (exact) mass is 449 g/mol. The number of piperidine rings is 1. The summed E-state index contributed by atoms with van der Waals surface area (Å²) in [6.45, 7) is 4.12. The third-order valence-corrected chi connectivity index (χ3v) is 7.15. The molecule has 160 valence electrons. The number of carbonyl (C=O) groups excluding carboxylic acids is 2. The summed E-state index contributed by atoms with van der Waals surface area (Å²) in [5, 5.41) is 5.58. The molecule has 0 spiro atoms. The van der Waals surface area contributed by atoms with Crippen LogP contribution in [0.3, 0.4) is 0 Å². The molecule has 3 rings (SSSR count). The molecule has 7 nitrogen and oxygen atoms in total. The maximum Gasteiger partial charge on any atom is 0.256 e. The highest BCUT2D eigenvalue weighted by Crippen LogP contribution is 2.27. The molecule has 0 unspecified atom stereocenters. The first-order valence-corrected chi connectivity index (χ1v) is 11.5. The Kier molecular flexibility index (Phi) is 6.80. The first kappa shape index (κ1) is 22.3. The molecule has 0 radical (unpaired) electrons. The summed E-state index contributed by atoms with van der Waals surface area (Å²) < 4.78 is 27.4. The fourth-order valence-corrected chi connectivity index (χ4v) is 5.12. The van der Waals surface area contributed by atoms with E-state index in [4.69, 9.17) is 11.6 Å². The van der Waals surface area contributed by atoms with Crippen molar-refractivity contribution in [3.05, 3.63) is 52.5 Å². The van der Waals surface area contributed by atoms with Gasteiger partial charge in [0.15, 0.2) is 0 Å². The molecule has 0 bridgehead atoms. The molecule has 2 N–H and O–H groups in total. The van der Waals surface area contributed by atoms with Gasteiger partial charge in [0, 0.05) is 31.3 Å². The third-order valence-electron chi connectivity index (χ3n) is 4.94. The van der Waals surface area contributed by atoms with Gasteiger partial charge in [0.1, 0.15) is 0 Å². The van der Waals surface area contributed by atoms with Crippen LogP contribution in [0.1, 0.15) is 42.1 Å². The van der Waals surface area contributed by atoms with Gasteiger partial charge in [-0.05, 0) is 55.7 Å². The standard InChI is InChI=1S/C21H24ClN3O4S/c1-14-6-8-17(30(28,29)25-10-4-3-5-11-25)13-18(14)21(27)24-20-9-7-16(12-19(20)22)23-15(2)26/h6-9,12-13H,3-5,10-11H2,1-2H3,(H,23,26)(H,24,27). The first-order chi connectivity index (χ1) is 14.2. The van der Waals surface area contributed by atoms with Gasteiger partial charge in [-0.25, -0.2) is 8.42 Å². The Morgan fingerprint density at radius 1 is 1.00 bits per heavy atom. The summed E-state index contributed by atoms with van der Waals surface area (Å²) in [5.41, 5.74) is 1.78. The molecule has 2 aromatic rings. The van der Waals surface area contributed by atoms with Crippen LogP contribution in [0.25, 0.3) is 0 Å². The topological polar surface area (TPSA) is 95.6 Å². The summed E-state index contributed by atoms with van der Waals surface area (Å²) in [6, 6.07) is 9.30. The van der Waals surface area contributed by atoms with E-state index in [0.717, 1.165) is 19.3 Å². The number of carbonyl (C=O) groups is 2. The van der Waals surface area contributed by atoms with E-state index in [1.54, 1.807) is 25.1 Å². The molecule has 2 amide bonds. The number of anilines is 2. The highest BCUT2D eigenvalue weighted by Gasteiger charge is 2.27. The van der Waals surface area contributed by atoms with Crippen molar-refractivity contribution in [2.24, 2.45) is 0 Å². The van der Waals surface area contributed by atoms with Crippen molar-refractivity contribution in [2.75, 3.05) is 23.7 Å². The minimum Gasteiger partial charge on any atom is -0.326 e. The number of sulfonamides is 1. The van der Waals surface area contributed by atoms with Crippen LogP contribution in [-0.4, -0.2) is 37.6 Å². The molecule has 9 heteroatoms. The highest BCUT2D eigenvalue weighted by atomic mass is 35.5. The molecule has 0 saturated carbocycles. The van der Waals surface area contributed by atoms with Crippen LogP contribution in [0.15, 0.2) is 41.3 Å². The molecular weight excluding hydrogens is 426 g/mol. The van der Waals surface area contributed by atoms with Crippen LogP contribution < -0.4 is 10.6 Å². The van der Waals surface area contributed by atoms with Crippen molar-refractivity contribution < 1.29 is 18.0 Å². The lowest BCUT2D eigenvalue weighted by atomic mass is 10.1. The van der Waals surface area contributed by atoms with Crippen molar-refractivity contribution in [3.8, 4) is 0 Å². The average molecular weight is 450 g/mol. The van der Waals surface area contributed by atoms with Crippen LogP contribution in [-0.2, 0) is 14.8 Å². The van der Waals surface area contributed by atoms with E-state index in [9.17, 15) is 18.0 Å². The number of benzene rings is 2. The molecule has 0 atom stereocenters. The summed E-state index contributed by atoms with van der Waals surface area (Å²) in [4.78, 5) is 24.1. The van der Waals surface area contributed by atoms with Gasteiger partial charge in [0.05, 0.1) is 15.6 Å². The van der Waals surface area contributed by atoms with Crippen LogP contribution >= 0.6 is 11.6 Å². The zero-order chi connectivity index (χ0) is 21.9. The Bertz CT molecular complexity index is 1080. The van der Waals surface area contributed by atoms with Gasteiger partial charge in [-0.2, -0.15) is 4.31 Å². The van der Waals surface area contributed by atoms with E-state index >= 15 is 0 Å². The molecule has 1 aliphatic rings. The normalized spacial score (nSPS) is 14.9. The number of rotatable bonds is 5. The summed E-state index contributed by atoms with van der Waals surface area (Å²) in [5.74, 6) is -0.692. The minimum absolute atomic E-state index is 0.104. The number of nitrogens with zero attached hydrogens (tertiary/aromatic N) is 1. The van der Waals surface area contributed by atoms with Gasteiger partial charge >= 0.3 is 0 Å². The quantitative estimate of drug-likeness (QED) is 0.720. The fourth-order valence-electron chi connectivity index (χ4n) is 3.35. The Labute approximate surface area is 181 Å². The average Bonchev–Trinajstić information content (AvgIpc) is 2.70. The lowest BCUT2D eigenvalue weighted by Crippen LogP contribution is -2.35. The Hall–Kier alpha value is -2.42. The third kappa shape index (κ3) is 5.00. The second-order valence-corrected chi connectivity index (χ2v) is 9.62. The molecular formula is C21H24ClN3O4S. The van der Waals surface area contributed by atoms with Crippen LogP contribution in [0.4, 0.5) is 11.4 Å². The van der Waals surface area contributed by atoms with Crippen molar-refractivity contribution in [3.63, 3.8) is 0 Å². The minimum atomic E-state index is -3.65. The predicted molar refractivity (Wildman–Crippen MR) is 117 cm³/mol. The molecule has 0 aliphatic carbocycles. The summed E-state index contributed by atoms with van der Waals surface area (Å²) in [6.07, 6.45) is 2.70. The smallest absolute Gasteiger partial charge is 0.256 e. The Morgan fingerprint density at radius 2 is 1.70 bits per heavy atom. The maximum absolute atomic E-state index is 12.9. The van der Waals surface area contributed by atoms with Crippen molar-refractivity contribution in [2.45, 2.75) is 38.0 Å². The largest absolute Gasteiger partial charge is 0.326 e. The SMILES string of the molecule is CC(=O)Nc1ccc(NC(=O)c2cc(S(=O)(=O)N3CCCCC3)ccc2C)c(Cl)c1. The highest BCUT2D eigenvalue weighted by molar-refractivity contribution is 7.89. The number of nitrogens with one attached hydrogen (secondary N) is 2. The summed E-state index contributed by atoms with van der Waals surface area (Å²) >= 11 is 6.22. The number of amides is 2. The molecule has 1 saturated heterocycles. The lowest BCUT2D eigenvalue weighted by molar-refractivity contribution is -0.114. The van der Waals surface area contributed by atoms with Crippen molar-refractivity contribution in [1.29, 1.82) is 0 Å². The van der Waals surface area contributed by atoms with Gasteiger partial charge in [0.25, 0.3) is 5.91 Å². The summed E-state index contributed by atoms with van der Waals surface area (Å²) in [7, 11) is -3.65. The van der Waals surface area contributed by atoms with Gasteiger partial charge in [-0.15, -0.1) is 0 Å². The van der Waals surface area contributed by atoms with Crippen LogP contribution in [0, 0.1) is 6.92 Å². The van der Waals surface area contributed by atoms with E-state index in [0.29, 0.717) is 30.0 Å². The fraction of sp³-hybridized carbons (Fsp3) is 0.333. The molecule has 1 fully saturated rings. The molecule has 30 heavy (non-hydrogen) atoms. The molecule has 2 aromatic carbocycles.